The average Bonchev–Trinajstić information content (AvgIpc) is 2.47. The molecule has 11 heteroatoms. The number of rotatable bonds is 4. The standard InChI is InChI=1S/C14H11ClF3N3O3S/c15-11-6-1-8(14(16,17)18)7-12(11)25(23,24)21-10-4-2-9(3-5-10)20-13(19)22/h1-7,21H,(H3,19,20,22). The van der Waals surface area contributed by atoms with E-state index >= 15 is 0 Å². The Morgan fingerprint density at radius 1 is 1.04 bits per heavy atom. The first-order valence-corrected chi connectivity index (χ1v) is 8.41. The molecule has 134 valence electrons. The monoisotopic (exact) mass is 393 g/mol. The van der Waals surface area contributed by atoms with Crippen molar-refractivity contribution in [3.63, 3.8) is 0 Å². The number of primary amides is 1. The SMILES string of the molecule is NC(=O)Nc1ccc(NS(=O)(=O)c2cc(C(F)(F)F)ccc2Cl)cc1. The number of amides is 2. The van der Waals surface area contributed by atoms with Crippen LogP contribution in [0.5, 0.6) is 0 Å². The molecule has 2 rings (SSSR count). The van der Waals surface area contributed by atoms with E-state index in [9.17, 15) is 26.4 Å². The number of sulfonamides is 1. The molecule has 0 aromatic heterocycles. The molecular weight excluding hydrogens is 383 g/mol. The van der Waals surface area contributed by atoms with Gasteiger partial charge in [0.25, 0.3) is 10.0 Å². The van der Waals surface area contributed by atoms with Crippen LogP contribution in [0.1, 0.15) is 5.56 Å². The van der Waals surface area contributed by atoms with Crippen LogP contribution in [0.4, 0.5) is 29.3 Å². The Morgan fingerprint density at radius 3 is 2.12 bits per heavy atom. The minimum absolute atomic E-state index is 0.0588. The van der Waals surface area contributed by atoms with Crippen molar-refractivity contribution in [3.8, 4) is 0 Å². The molecule has 0 saturated heterocycles. The summed E-state index contributed by atoms with van der Waals surface area (Å²) in [6, 6.07) is 6.50. The van der Waals surface area contributed by atoms with Crippen molar-refractivity contribution in [1.82, 2.24) is 0 Å². The number of benzene rings is 2. The highest BCUT2D eigenvalue weighted by Gasteiger charge is 2.32. The lowest BCUT2D eigenvalue weighted by Gasteiger charge is -2.13. The molecule has 0 spiro atoms. The molecule has 0 unspecified atom stereocenters. The van der Waals surface area contributed by atoms with Gasteiger partial charge in [-0.3, -0.25) is 4.72 Å². The van der Waals surface area contributed by atoms with Gasteiger partial charge in [-0.2, -0.15) is 13.2 Å². The quantitative estimate of drug-likeness (QED) is 0.738. The Balaban J connectivity index is 2.32. The average molecular weight is 394 g/mol. The molecule has 25 heavy (non-hydrogen) atoms. The van der Waals surface area contributed by atoms with Crippen LogP contribution in [0.2, 0.25) is 5.02 Å². The number of urea groups is 1. The van der Waals surface area contributed by atoms with Gasteiger partial charge in [-0.15, -0.1) is 0 Å². The van der Waals surface area contributed by atoms with Gasteiger partial charge in [0.1, 0.15) is 4.90 Å². The van der Waals surface area contributed by atoms with Gasteiger partial charge in [-0.1, -0.05) is 11.6 Å². The molecule has 4 N–H and O–H groups in total. The Labute approximate surface area is 145 Å². The Kier molecular flexibility index (Phi) is 5.14. The second-order valence-electron chi connectivity index (χ2n) is 4.82. The molecule has 2 aromatic carbocycles. The number of nitrogens with two attached hydrogens (primary N) is 1. The summed E-state index contributed by atoms with van der Waals surface area (Å²) in [5.74, 6) is 0. The summed E-state index contributed by atoms with van der Waals surface area (Å²) in [7, 11) is -4.36. The summed E-state index contributed by atoms with van der Waals surface area (Å²) in [5.41, 5.74) is 4.17. The van der Waals surface area contributed by atoms with Crippen molar-refractivity contribution in [2.45, 2.75) is 11.1 Å². The maximum Gasteiger partial charge on any atom is 0.416 e. The molecule has 0 atom stereocenters. The summed E-state index contributed by atoms with van der Waals surface area (Å²) < 4.78 is 65.0. The van der Waals surface area contributed by atoms with E-state index in [2.05, 4.69) is 10.0 Å². The van der Waals surface area contributed by atoms with Crippen molar-refractivity contribution in [2.75, 3.05) is 10.0 Å². The van der Waals surface area contributed by atoms with Crippen molar-refractivity contribution >= 4 is 39.0 Å². The van der Waals surface area contributed by atoms with Crippen LogP contribution in [0.15, 0.2) is 47.4 Å². The van der Waals surface area contributed by atoms with Gasteiger partial charge in [-0.05, 0) is 42.5 Å². The Bertz CT molecular complexity index is 900. The minimum Gasteiger partial charge on any atom is -0.351 e. The molecule has 0 radical (unpaired) electrons. The Morgan fingerprint density at radius 2 is 1.60 bits per heavy atom. The second-order valence-corrected chi connectivity index (χ2v) is 6.87. The van der Waals surface area contributed by atoms with Crippen LogP contribution in [-0.2, 0) is 16.2 Å². The number of halogens is 4. The summed E-state index contributed by atoms with van der Waals surface area (Å²) in [4.78, 5) is 10.0. The van der Waals surface area contributed by atoms with E-state index in [1.54, 1.807) is 0 Å². The van der Waals surface area contributed by atoms with Gasteiger partial charge in [0.15, 0.2) is 0 Å². The van der Waals surface area contributed by atoms with Crippen LogP contribution < -0.4 is 15.8 Å². The lowest BCUT2D eigenvalue weighted by atomic mass is 10.2. The van der Waals surface area contributed by atoms with E-state index in [0.29, 0.717) is 17.8 Å². The fourth-order valence-electron chi connectivity index (χ4n) is 1.86. The van der Waals surface area contributed by atoms with Gasteiger partial charge < -0.3 is 11.1 Å². The van der Waals surface area contributed by atoms with E-state index in [0.717, 1.165) is 6.07 Å². The number of alkyl halides is 3. The zero-order valence-electron chi connectivity index (χ0n) is 12.3. The Hall–Kier alpha value is -2.46. The van der Waals surface area contributed by atoms with Crippen LogP contribution in [0, 0.1) is 0 Å². The highest BCUT2D eigenvalue weighted by atomic mass is 35.5. The van der Waals surface area contributed by atoms with E-state index < -0.39 is 32.7 Å². The fraction of sp³-hybridized carbons (Fsp3) is 0.0714. The van der Waals surface area contributed by atoms with Gasteiger partial charge in [0.2, 0.25) is 0 Å². The second kappa shape index (κ2) is 6.81. The maximum atomic E-state index is 12.8. The first kappa shape index (κ1) is 18.9. The zero-order valence-corrected chi connectivity index (χ0v) is 13.8. The smallest absolute Gasteiger partial charge is 0.351 e. The van der Waals surface area contributed by atoms with Gasteiger partial charge in [-0.25, -0.2) is 13.2 Å². The highest BCUT2D eigenvalue weighted by Crippen LogP contribution is 2.34. The van der Waals surface area contributed by atoms with Crippen molar-refractivity contribution in [1.29, 1.82) is 0 Å². The van der Waals surface area contributed by atoms with Gasteiger partial charge >= 0.3 is 12.2 Å². The minimum atomic E-state index is -4.71. The number of carbonyl (C=O) groups is 1. The summed E-state index contributed by atoms with van der Waals surface area (Å²) >= 11 is 5.73. The van der Waals surface area contributed by atoms with Crippen molar-refractivity contribution < 1.29 is 26.4 Å². The number of hydrogen-bond acceptors (Lipinski definition) is 3. The molecule has 0 aliphatic rings. The largest absolute Gasteiger partial charge is 0.416 e. The highest BCUT2D eigenvalue weighted by molar-refractivity contribution is 7.92. The van der Waals surface area contributed by atoms with Crippen molar-refractivity contribution in [3.05, 3.63) is 53.1 Å². The number of nitrogens with one attached hydrogen (secondary N) is 2. The molecule has 0 bridgehead atoms. The summed E-state index contributed by atoms with van der Waals surface area (Å²) in [5, 5.41) is 1.92. The van der Waals surface area contributed by atoms with Crippen LogP contribution >= 0.6 is 11.6 Å². The third-order valence-corrected chi connectivity index (χ3v) is 4.82. The van der Waals surface area contributed by atoms with Crippen LogP contribution in [0.25, 0.3) is 0 Å². The van der Waals surface area contributed by atoms with Gasteiger partial charge in [0, 0.05) is 11.4 Å². The molecule has 0 heterocycles. The number of hydrogen-bond donors (Lipinski definition) is 3. The molecule has 0 aliphatic carbocycles. The molecule has 0 saturated carbocycles. The van der Waals surface area contributed by atoms with E-state index in [-0.39, 0.29) is 10.7 Å². The predicted molar refractivity (Wildman–Crippen MR) is 86.9 cm³/mol. The third kappa shape index (κ3) is 4.77. The maximum absolute atomic E-state index is 12.8. The first-order valence-electron chi connectivity index (χ1n) is 6.55. The van der Waals surface area contributed by atoms with E-state index in [1.807, 2.05) is 0 Å². The van der Waals surface area contributed by atoms with E-state index in [1.165, 1.54) is 24.3 Å². The lowest BCUT2D eigenvalue weighted by molar-refractivity contribution is -0.137. The lowest BCUT2D eigenvalue weighted by Crippen LogP contribution is -2.19. The van der Waals surface area contributed by atoms with Crippen LogP contribution in [-0.4, -0.2) is 14.4 Å². The summed E-state index contributed by atoms with van der Waals surface area (Å²) in [6.45, 7) is 0. The van der Waals surface area contributed by atoms with Gasteiger partial charge in [0.05, 0.1) is 10.6 Å². The molecule has 2 aromatic rings. The number of anilines is 2. The molecule has 2 amide bonds. The fourth-order valence-corrected chi connectivity index (χ4v) is 3.45. The normalized spacial score (nSPS) is 11.8. The number of carbonyl (C=O) groups excluding carboxylic acids is 1. The molecule has 6 nitrogen and oxygen atoms in total. The molecular formula is C14H11ClF3N3O3S. The molecule has 0 fully saturated rings. The summed E-state index contributed by atoms with van der Waals surface area (Å²) in [6.07, 6.45) is -4.71. The van der Waals surface area contributed by atoms with Crippen molar-refractivity contribution in [2.24, 2.45) is 5.73 Å². The first-order chi connectivity index (χ1) is 11.5. The molecule has 0 aliphatic heterocycles. The zero-order chi connectivity index (χ0) is 18.8. The van der Waals surface area contributed by atoms with Crippen LogP contribution in [0.3, 0.4) is 0 Å². The third-order valence-electron chi connectivity index (χ3n) is 2.95. The topological polar surface area (TPSA) is 101 Å². The predicted octanol–water partition coefficient (Wildman–Crippen LogP) is 3.65. The van der Waals surface area contributed by atoms with E-state index in [4.69, 9.17) is 17.3 Å².